The van der Waals surface area contributed by atoms with Gasteiger partial charge in [0.15, 0.2) is 0 Å². The van der Waals surface area contributed by atoms with E-state index < -0.39 is 0 Å². The number of nitrogens with one attached hydrogen (secondary N) is 2. The maximum absolute atomic E-state index is 13.0. The van der Waals surface area contributed by atoms with Gasteiger partial charge in [0.05, 0.1) is 16.3 Å². The Morgan fingerprint density at radius 1 is 1.00 bits per heavy atom. The molecular weight excluding hydrogens is 486 g/mol. The summed E-state index contributed by atoms with van der Waals surface area (Å²) in [6.45, 7) is 6.17. The molecule has 2 aromatic rings. The minimum Gasteiger partial charge on any atom is -0.349 e. The molecule has 0 aliphatic heterocycles. The van der Waals surface area contributed by atoms with E-state index in [1.54, 1.807) is 36.0 Å². The van der Waals surface area contributed by atoms with Gasteiger partial charge in [-0.2, -0.15) is 5.10 Å². The molecule has 202 valence electrons. The lowest BCUT2D eigenvalue weighted by Crippen LogP contribution is -2.38. The molecule has 2 fully saturated rings. The van der Waals surface area contributed by atoms with Crippen molar-refractivity contribution in [2.75, 3.05) is 5.32 Å². The van der Waals surface area contributed by atoms with Gasteiger partial charge in [0, 0.05) is 30.2 Å². The van der Waals surface area contributed by atoms with Crippen LogP contribution in [-0.4, -0.2) is 33.7 Å². The van der Waals surface area contributed by atoms with Crippen molar-refractivity contribution in [1.82, 2.24) is 15.1 Å². The number of nitrogens with two attached hydrogens (primary N) is 1. The van der Waals surface area contributed by atoms with E-state index in [4.69, 9.17) is 17.3 Å². The number of hydrogen-bond acceptors (Lipinski definition) is 4. The van der Waals surface area contributed by atoms with Gasteiger partial charge in [-0.3, -0.25) is 14.3 Å². The maximum Gasteiger partial charge on any atom is 0.273 e. The number of aryl methyl sites for hydroxylation is 1. The van der Waals surface area contributed by atoms with E-state index in [0.717, 1.165) is 43.2 Å². The first-order valence-electron chi connectivity index (χ1n) is 13.7. The highest BCUT2D eigenvalue weighted by Gasteiger charge is 2.27. The Hall–Kier alpha value is -2.38. The van der Waals surface area contributed by atoms with E-state index in [2.05, 4.69) is 36.5 Å². The molecule has 8 heteroatoms. The number of carbonyl (C=O) groups excluding carboxylic acids is 2. The van der Waals surface area contributed by atoms with Crippen molar-refractivity contribution in [1.29, 1.82) is 0 Å². The zero-order valence-corrected chi connectivity index (χ0v) is 23.4. The minimum absolute atomic E-state index is 0.155. The molecule has 37 heavy (non-hydrogen) atoms. The molecule has 2 saturated carbocycles. The van der Waals surface area contributed by atoms with Crippen LogP contribution in [0, 0.1) is 11.8 Å². The van der Waals surface area contributed by atoms with E-state index in [9.17, 15) is 9.59 Å². The molecule has 0 atom stereocenters. The summed E-state index contributed by atoms with van der Waals surface area (Å²) in [5.41, 5.74) is 8.17. The van der Waals surface area contributed by atoms with Crippen LogP contribution in [0.5, 0.6) is 0 Å². The standard InChI is InChI=1S/C29H42ClN5O2/c1-29(2,3)26-17-25(35(4)34-26)28(37)33-22-13-14-23(24(30)16-22)27(36)32-21-11-7-19(8-12-21)15-18-5-9-20(31)10-6-18/h13-14,16-21H,5-12,15,31H2,1-4H3,(H,32,36)(H,33,37). The van der Waals surface area contributed by atoms with Crippen LogP contribution in [0.3, 0.4) is 0 Å². The van der Waals surface area contributed by atoms with Gasteiger partial charge < -0.3 is 16.4 Å². The smallest absolute Gasteiger partial charge is 0.273 e. The maximum atomic E-state index is 13.0. The number of hydrogen-bond donors (Lipinski definition) is 3. The van der Waals surface area contributed by atoms with Crippen molar-refractivity contribution in [2.45, 2.75) is 96.1 Å². The molecule has 1 aromatic carbocycles. The monoisotopic (exact) mass is 527 g/mol. The third-order valence-corrected chi connectivity index (χ3v) is 8.41. The molecule has 0 saturated heterocycles. The molecule has 7 nitrogen and oxygen atoms in total. The SMILES string of the molecule is Cn1nc(C(C)(C)C)cc1C(=O)Nc1ccc(C(=O)NC2CCC(CC3CCC(N)CC3)CC2)c(Cl)c1. The molecule has 1 aromatic heterocycles. The van der Waals surface area contributed by atoms with Crippen LogP contribution in [0.1, 0.15) is 105 Å². The predicted molar refractivity (Wildman–Crippen MR) is 149 cm³/mol. The number of nitrogens with zero attached hydrogens (tertiary/aromatic N) is 2. The molecule has 0 bridgehead atoms. The highest BCUT2D eigenvalue weighted by Crippen LogP contribution is 2.35. The Balaban J connectivity index is 1.28. The van der Waals surface area contributed by atoms with Gasteiger partial charge in [-0.25, -0.2) is 0 Å². The Morgan fingerprint density at radius 3 is 2.19 bits per heavy atom. The summed E-state index contributed by atoms with van der Waals surface area (Å²) in [6, 6.07) is 7.41. The topological polar surface area (TPSA) is 102 Å². The average molecular weight is 528 g/mol. The summed E-state index contributed by atoms with van der Waals surface area (Å²) in [4.78, 5) is 25.8. The summed E-state index contributed by atoms with van der Waals surface area (Å²) in [5, 5.41) is 10.8. The summed E-state index contributed by atoms with van der Waals surface area (Å²) in [5.74, 6) is 1.16. The number of amides is 2. The van der Waals surface area contributed by atoms with Crippen LogP contribution in [0.25, 0.3) is 0 Å². The molecule has 2 aliphatic rings. The molecule has 1 heterocycles. The minimum atomic E-state index is -0.272. The van der Waals surface area contributed by atoms with E-state index in [-0.39, 0.29) is 23.3 Å². The van der Waals surface area contributed by atoms with Crippen molar-refractivity contribution in [2.24, 2.45) is 24.6 Å². The van der Waals surface area contributed by atoms with Gasteiger partial charge in [0.2, 0.25) is 0 Å². The number of benzene rings is 1. The first-order valence-corrected chi connectivity index (χ1v) is 14.1. The molecule has 2 amide bonds. The number of anilines is 1. The summed E-state index contributed by atoms with van der Waals surface area (Å²) >= 11 is 6.47. The molecule has 0 spiro atoms. The molecule has 0 unspecified atom stereocenters. The van der Waals surface area contributed by atoms with E-state index in [1.165, 1.54) is 32.1 Å². The molecule has 4 rings (SSSR count). The summed E-state index contributed by atoms with van der Waals surface area (Å²) in [6.07, 6.45) is 10.5. The third-order valence-electron chi connectivity index (χ3n) is 8.09. The van der Waals surface area contributed by atoms with Crippen molar-refractivity contribution < 1.29 is 9.59 Å². The van der Waals surface area contributed by atoms with E-state index in [1.807, 2.05) is 0 Å². The summed E-state index contributed by atoms with van der Waals surface area (Å²) < 4.78 is 1.58. The normalized spacial score (nSPS) is 24.5. The molecular formula is C29H42ClN5O2. The molecule has 0 radical (unpaired) electrons. The largest absolute Gasteiger partial charge is 0.349 e. The lowest BCUT2D eigenvalue weighted by Gasteiger charge is -2.33. The second-order valence-electron chi connectivity index (χ2n) is 12.1. The number of aromatic nitrogens is 2. The highest BCUT2D eigenvalue weighted by atomic mass is 35.5. The van der Waals surface area contributed by atoms with Gasteiger partial charge in [0.1, 0.15) is 5.69 Å². The Labute approximate surface area is 225 Å². The van der Waals surface area contributed by atoms with Crippen molar-refractivity contribution in [3.05, 3.63) is 46.2 Å². The highest BCUT2D eigenvalue weighted by molar-refractivity contribution is 6.34. The van der Waals surface area contributed by atoms with Crippen LogP contribution < -0.4 is 16.4 Å². The Kier molecular flexibility index (Phi) is 8.64. The Morgan fingerprint density at radius 2 is 1.62 bits per heavy atom. The van der Waals surface area contributed by atoms with Gasteiger partial charge in [0.25, 0.3) is 11.8 Å². The third kappa shape index (κ3) is 7.14. The second-order valence-corrected chi connectivity index (χ2v) is 12.6. The van der Waals surface area contributed by atoms with E-state index in [0.29, 0.717) is 28.0 Å². The van der Waals surface area contributed by atoms with Crippen LogP contribution in [0.4, 0.5) is 5.69 Å². The quantitative estimate of drug-likeness (QED) is 0.440. The van der Waals surface area contributed by atoms with Crippen molar-refractivity contribution in [3.8, 4) is 0 Å². The zero-order valence-electron chi connectivity index (χ0n) is 22.6. The first-order chi connectivity index (χ1) is 17.5. The van der Waals surface area contributed by atoms with Gasteiger partial charge in [-0.15, -0.1) is 0 Å². The first kappa shape index (κ1) is 27.6. The zero-order chi connectivity index (χ0) is 26.7. The lowest BCUT2D eigenvalue weighted by molar-refractivity contribution is 0.0918. The molecule has 4 N–H and O–H groups in total. The fourth-order valence-electron chi connectivity index (χ4n) is 5.72. The van der Waals surface area contributed by atoms with Gasteiger partial charge in [-0.05, 0) is 93.9 Å². The van der Waals surface area contributed by atoms with Crippen LogP contribution in [0.2, 0.25) is 5.02 Å². The average Bonchev–Trinajstić information content (AvgIpc) is 3.24. The predicted octanol–water partition coefficient (Wildman–Crippen LogP) is 5.82. The number of halogens is 1. The van der Waals surface area contributed by atoms with Crippen LogP contribution in [-0.2, 0) is 12.5 Å². The fourth-order valence-corrected chi connectivity index (χ4v) is 5.99. The number of rotatable bonds is 6. The second kappa shape index (κ2) is 11.6. The summed E-state index contributed by atoms with van der Waals surface area (Å²) in [7, 11) is 1.75. The van der Waals surface area contributed by atoms with Crippen molar-refractivity contribution >= 4 is 29.1 Å². The van der Waals surface area contributed by atoms with Gasteiger partial charge >= 0.3 is 0 Å². The number of carbonyl (C=O) groups is 2. The van der Waals surface area contributed by atoms with Crippen molar-refractivity contribution in [3.63, 3.8) is 0 Å². The fraction of sp³-hybridized carbons (Fsp3) is 0.621. The van der Waals surface area contributed by atoms with Gasteiger partial charge in [-0.1, -0.05) is 32.4 Å². The Bertz CT molecular complexity index is 1110. The lowest BCUT2D eigenvalue weighted by atomic mass is 9.76. The van der Waals surface area contributed by atoms with Crippen LogP contribution in [0.15, 0.2) is 24.3 Å². The molecule has 2 aliphatic carbocycles. The van der Waals surface area contributed by atoms with Crippen LogP contribution >= 0.6 is 11.6 Å². The van der Waals surface area contributed by atoms with E-state index >= 15 is 0 Å².